The van der Waals surface area contributed by atoms with Gasteiger partial charge in [0.2, 0.25) is 9.39 Å². The zero-order chi connectivity index (χ0) is 11.1. The molecular formula is C10H14Br2O2. The molecule has 0 aromatic rings. The van der Waals surface area contributed by atoms with E-state index in [4.69, 9.17) is 0 Å². The van der Waals surface area contributed by atoms with Crippen molar-refractivity contribution in [3.8, 4) is 0 Å². The highest BCUT2D eigenvalue weighted by molar-refractivity contribution is 9.18. The molecule has 0 aromatic carbocycles. The lowest BCUT2D eigenvalue weighted by atomic mass is 9.67. The Kier molecular flexibility index (Phi) is 3.27. The highest BCUT2D eigenvalue weighted by Crippen LogP contribution is 2.57. The van der Waals surface area contributed by atoms with E-state index in [-0.39, 0.29) is 20.7 Å². The summed E-state index contributed by atoms with van der Waals surface area (Å²) < 4.78 is 0.0197. The third kappa shape index (κ3) is 1.60. The molecule has 4 heteroatoms. The van der Waals surface area contributed by atoms with Gasteiger partial charge in [0.15, 0.2) is 0 Å². The van der Waals surface area contributed by atoms with Crippen LogP contribution < -0.4 is 0 Å². The van der Waals surface area contributed by atoms with Crippen molar-refractivity contribution in [3.63, 3.8) is 0 Å². The molecular weight excluding hydrogens is 312 g/mol. The number of rotatable bonds is 2. The Labute approximate surface area is 101 Å². The smallest absolute Gasteiger partial charge is 0.204 e. The van der Waals surface area contributed by atoms with Crippen LogP contribution in [-0.2, 0) is 9.59 Å². The minimum atomic E-state index is -0.429. The van der Waals surface area contributed by atoms with E-state index in [1.165, 1.54) is 0 Å². The second-order valence-electron chi connectivity index (χ2n) is 4.72. The van der Waals surface area contributed by atoms with Crippen molar-refractivity contribution in [1.82, 2.24) is 0 Å². The van der Waals surface area contributed by atoms with E-state index in [0.717, 1.165) is 12.8 Å². The maximum atomic E-state index is 11.5. The Morgan fingerprint density at radius 1 is 1.21 bits per heavy atom. The monoisotopic (exact) mass is 324 g/mol. The highest BCUT2D eigenvalue weighted by atomic mass is 79.9. The fraction of sp³-hybridized carbons (Fsp3) is 0.800. The molecule has 0 heterocycles. The van der Waals surface area contributed by atoms with Crippen LogP contribution in [0.3, 0.4) is 0 Å². The van der Waals surface area contributed by atoms with Gasteiger partial charge in [-0.3, -0.25) is 9.59 Å². The Bertz CT molecular complexity index is 286. The maximum absolute atomic E-state index is 11.5. The molecule has 0 aliphatic heterocycles. The van der Waals surface area contributed by atoms with Gasteiger partial charge in [0.25, 0.3) is 0 Å². The van der Waals surface area contributed by atoms with Gasteiger partial charge in [-0.15, -0.1) is 0 Å². The van der Waals surface area contributed by atoms with Crippen LogP contribution in [0.5, 0.6) is 0 Å². The van der Waals surface area contributed by atoms with Gasteiger partial charge in [0, 0.05) is 11.3 Å². The summed E-state index contributed by atoms with van der Waals surface area (Å²) in [5.74, 6) is -0.0611. The molecule has 0 amide bonds. The SMILES string of the molecule is CC1(C(=O)Br)CCC(C(=O)Br)C1(C)C. The van der Waals surface area contributed by atoms with Gasteiger partial charge in [-0.1, -0.05) is 20.8 Å². The second kappa shape index (κ2) is 3.71. The standard InChI is InChI=1S/C10H14Br2O2/c1-9(2)6(7(11)13)4-5-10(9,3)8(12)14/h6H,4-5H2,1-3H3. The van der Waals surface area contributed by atoms with Crippen molar-refractivity contribution in [3.05, 3.63) is 0 Å². The molecule has 0 aromatic heterocycles. The zero-order valence-electron chi connectivity index (χ0n) is 8.56. The molecule has 80 valence electrons. The first kappa shape index (κ1) is 12.4. The Balaban J connectivity index is 3.08. The van der Waals surface area contributed by atoms with E-state index in [2.05, 4.69) is 31.9 Å². The molecule has 14 heavy (non-hydrogen) atoms. The molecule has 2 unspecified atom stereocenters. The molecule has 0 N–H and O–H groups in total. The first-order valence-electron chi connectivity index (χ1n) is 4.63. The topological polar surface area (TPSA) is 34.1 Å². The molecule has 0 spiro atoms. The third-order valence-corrected chi connectivity index (χ3v) is 5.36. The van der Waals surface area contributed by atoms with Gasteiger partial charge in [-0.25, -0.2) is 0 Å². The number of carbonyl (C=O) groups excluding carboxylic acids is 2. The predicted octanol–water partition coefficient (Wildman–Crippen LogP) is 3.27. The fourth-order valence-electron chi connectivity index (χ4n) is 2.25. The Morgan fingerprint density at radius 3 is 1.93 bits per heavy atom. The molecule has 1 saturated carbocycles. The summed E-state index contributed by atoms with van der Waals surface area (Å²) in [6.45, 7) is 5.91. The molecule has 0 saturated heterocycles. The van der Waals surface area contributed by atoms with E-state index in [9.17, 15) is 9.59 Å². The van der Waals surface area contributed by atoms with E-state index < -0.39 is 5.41 Å². The summed E-state index contributed by atoms with van der Waals surface area (Å²) in [5, 5.41) is 0. The second-order valence-corrected chi connectivity index (χ2v) is 6.22. The van der Waals surface area contributed by atoms with Crippen molar-refractivity contribution in [2.45, 2.75) is 33.6 Å². The lowest BCUT2D eigenvalue weighted by Gasteiger charge is -2.37. The van der Waals surface area contributed by atoms with E-state index >= 15 is 0 Å². The van der Waals surface area contributed by atoms with Crippen molar-refractivity contribution < 1.29 is 9.59 Å². The van der Waals surface area contributed by atoms with Crippen LogP contribution in [0.1, 0.15) is 33.6 Å². The van der Waals surface area contributed by atoms with Crippen LogP contribution in [-0.4, -0.2) is 9.39 Å². The number of halogens is 2. The van der Waals surface area contributed by atoms with E-state index in [0.29, 0.717) is 0 Å². The van der Waals surface area contributed by atoms with Gasteiger partial charge in [0.05, 0.1) is 0 Å². The molecule has 0 radical (unpaired) electrons. The summed E-state index contributed by atoms with van der Waals surface area (Å²) in [6, 6.07) is 0. The molecule has 0 bridgehead atoms. The average Bonchev–Trinajstić information content (AvgIpc) is 2.24. The quantitative estimate of drug-likeness (QED) is 0.730. The Hall–Kier alpha value is 0.300. The summed E-state index contributed by atoms with van der Waals surface area (Å²) >= 11 is 6.06. The summed E-state index contributed by atoms with van der Waals surface area (Å²) in [7, 11) is 0. The van der Waals surface area contributed by atoms with Gasteiger partial charge in [0.1, 0.15) is 0 Å². The highest BCUT2D eigenvalue weighted by Gasteiger charge is 2.56. The van der Waals surface area contributed by atoms with Crippen molar-refractivity contribution >= 4 is 41.2 Å². The molecule has 2 nitrogen and oxygen atoms in total. The van der Waals surface area contributed by atoms with Gasteiger partial charge in [-0.05, 0) is 50.1 Å². The summed E-state index contributed by atoms with van der Waals surface area (Å²) in [6.07, 6.45) is 1.55. The molecule has 1 aliphatic rings. The van der Waals surface area contributed by atoms with Gasteiger partial charge >= 0.3 is 0 Å². The largest absolute Gasteiger partial charge is 0.286 e. The van der Waals surface area contributed by atoms with E-state index in [1.807, 2.05) is 20.8 Å². The minimum absolute atomic E-state index is 0.00579. The van der Waals surface area contributed by atoms with Gasteiger partial charge in [-0.2, -0.15) is 0 Å². The lowest BCUT2D eigenvalue weighted by molar-refractivity contribution is -0.125. The Morgan fingerprint density at radius 2 is 1.71 bits per heavy atom. The number of carbonyl (C=O) groups is 2. The summed E-state index contributed by atoms with van der Waals surface area (Å²) in [5.41, 5.74) is -0.713. The van der Waals surface area contributed by atoms with E-state index in [1.54, 1.807) is 0 Å². The molecule has 2 atom stereocenters. The van der Waals surface area contributed by atoms with Crippen LogP contribution in [0.2, 0.25) is 0 Å². The molecule has 1 fully saturated rings. The lowest BCUT2D eigenvalue weighted by Crippen LogP contribution is -2.39. The van der Waals surface area contributed by atoms with Crippen LogP contribution in [0.15, 0.2) is 0 Å². The fourth-order valence-corrected chi connectivity index (χ4v) is 3.76. The van der Waals surface area contributed by atoms with Crippen LogP contribution >= 0.6 is 31.9 Å². The first-order valence-corrected chi connectivity index (χ1v) is 6.21. The number of hydrogen-bond donors (Lipinski definition) is 0. The first-order chi connectivity index (χ1) is 6.23. The predicted molar refractivity (Wildman–Crippen MR) is 62.5 cm³/mol. The van der Waals surface area contributed by atoms with Crippen LogP contribution in [0, 0.1) is 16.7 Å². The van der Waals surface area contributed by atoms with Crippen molar-refractivity contribution in [2.75, 3.05) is 0 Å². The number of hydrogen-bond acceptors (Lipinski definition) is 2. The normalized spacial score (nSPS) is 35.6. The average molecular weight is 326 g/mol. The van der Waals surface area contributed by atoms with Gasteiger partial charge < -0.3 is 0 Å². The third-order valence-electron chi connectivity index (χ3n) is 3.93. The van der Waals surface area contributed by atoms with Crippen LogP contribution in [0.4, 0.5) is 0 Å². The molecule has 1 rings (SSSR count). The zero-order valence-corrected chi connectivity index (χ0v) is 11.7. The summed E-state index contributed by atoms with van der Waals surface area (Å²) in [4.78, 5) is 22.9. The van der Waals surface area contributed by atoms with Crippen molar-refractivity contribution in [1.29, 1.82) is 0 Å². The van der Waals surface area contributed by atoms with Crippen molar-refractivity contribution in [2.24, 2.45) is 16.7 Å². The maximum Gasteiger partial charge on any atom is 0.204 e. The molecule has 1 aliphatic carbocycles. The minimum Gasteiger partial charge on any atom is -0.286 e. The van der Waals surface area contributed by atoms with Crippen LogP contribution in [0.25, 0.3) is 0 Å².